The summed E-state index contributed by atoms with van der Waals surface area (Å²) in [5.41, 5.74) is 4.42. The molecule has 8 nitrogen and oxygen atoms in total. The molecule has 0 bridgehead atoms. The van der Waals surface area contributed by atoms with Gasteiger partial charge in [0.1, 0.15) is 11.6 Å². The topological polar surface area (TPSA) is 89.1 Å². The molecule has 3 aromatic heterocycles. The lowest BCUT2D eigenvalue weighted by Gasteiger charge is -2.22. The van der Waals surface area contributed by atoms with Gasteiger partial charge in [0.15, 0.2) is 5.58 Å². The number of amides is 1. The Morgan fingerprint density at radius 3 is 3.00 bits per heavy atom. The van der Waals surface area contributed by atoms with Crippen LogP contribution in [0.1, 0.15) is 18.4 Å². The number of nitrogens with one attached hydrogen (secondary N) is 1. The van der Waals surface area contributed by atoms with Gasteiger partial charge in [-0.25, -0.2) is 0 Å². The summed E-state index contributed by atoms with van der Waals surface area (Å²) in [6.45, 7) is 1.16. The summed E-state index contributed by atoms with van der Waals surface area (Å²) < 4.78 is 7.68. The highest BCUT2D eigenvalue weighted by atomic mass is 16.4. The Hall–Kier alpha value is -3.68. The monoisotopic (exact) mass is 402 g/mol. The zero-order chi connectivity index (χ0) is 20.5. The van der Waals surface area contributed by atoms with Gasteiger partial charge in [0, 0.05) is 44.3 Å². The Balaban J connectivity index is 1.29. The highest BCUT2D eigenvalue weighted by molar-refractivity contribution is 5.85. The van der Waals surface area contributed by atoms with Crippen LogP contribution in [0.25, 0.3) is 22.4 Å². The van der Waals surface area contributed by atoms with Crippen molar-refractivity contribution in [1.29, 1.82) is 0 Å². The van der Waals surface area contributed by atoms with Crippen LogP contribution in [-0.4, -0.2) is 38.2 Å². The van der Waals surface area contributed by atoms with Gasteiger partial charge in [-0.15, -0.1) is 0 Å². The second-order valence-electron chi connectivity index (χ2n) is 7.46. The third-order valence-corrected chi connectivity index (χ3v) is 5.46. The second-order valence-corrected chi connectivity index (χ2v) is 7.46. The average molecular weight is 402 g/mol. The van der Waals surface area contributed by atoms with Gasteiger partial charge in [-0.1, -0.05) is 12.1 Å². The van der Waals surface area contributed by atoms with Crippen LogP contribution in [0.5, 0.6) is 0 Å². The van der Waals surface area contributed by atoms with Crippen LogP contribution in [0, 0.1) is 0 Å². The number of para-hydroxylation sites is 2. The van der Waals surface area contributed by atoms with Crippen molar-refractivity contribution in [1.82, 2.24) is 25.1 Å². The quantitative estimate of drug-likeness (QED) is 0.552. The number of oxazole rings is 1. The summed E-state index contributed by atoms with van der Waals surface area (Å²) in [5, 5.41) is 7.25. The lowest BCUT2D eigenvalue weighted by molar-refractivity contribution is -0.122. The Labute approximate surface area is 173 Å². The summed E-state index contributed by atoms with van der Waals surface area (Å²) in [7, 11) is 1.89. The van der Waals surface area contributed by atoms with Crippen LogP contribution in [0.2, 0.25) is 0 Å². The van der Waals surface area contributed by atoms with Crippen LogP contribution in [0.3, 0.4) is 0 Å². The third-order valence-electron chi connectivity index (χ3n) is 5.46. The molecule has 1 amide bonds. The number of fused-ring (bicyclic) bond motifs is 1. The number of nitrogens with zero attached hydrogens (tertiary/aromatic N) is 5. The molecule has 1 saturated heterocycles. The third kappa shape index (κ3) is 3.41. The first-order chi connectivity index (χ1) is 14.7. The first-order valence-electron chi connectivity index (χ1n) is 10.0. The molecule has 4 aromatic rings. The van der Waals surface area contributed by atoms with Crippen LogP contribution >= 0.6 is 0 Å². The van der Waals surface area contributed by atoms with Crippen molar-refractivity contribution in [3.8, 4) is 11.3 Å². The number of pyridine rings is 1. The minimum Gasteiger partial charge on any atom is -0.423 e. The molecule has 0 spiro atoms. The van der Waals surface area contributed by atoms with Crippen LogP contribution in [0.15, 0.2) is 59.4 Å². The molecule has 1 fully saturated rings. The Kier molecular flexibility index (Phi) is 4.66. The van der Waals surface area contributed by atoms with E-state index in [0.29, 0.717) is 12.6 Å². The van der Waals surface area contributed by atoms with E-state index >= 15 is 0 Å². The van der Waals surface area contributed by atoms with Gasteiger partial charge < -0.3 is 14.6 Å². The fourth-order valence-electron chi connectivity index (χ4n) is 3.94. The van der Waals surface area contributed by atoms with E-state index in [4.69, 9.17) is 4.42 Å². The van der Waals surface area contributed by atoms with E-state index in [1.54, 1.807) is 23.3 Å². The summed E-state index contributed by atoms with van der Waals surface area (Å²) in [5.74, 6) is -0.0271. The minimum atomic E-state index is -0.286. The van der Waals surface area contributed by atoms with E-state index in [1.807, 2.05) is 48.3 Å². The van der Waals surface area contributed by atoms with Crippen molar-refractivity contribution in [2.24, 2.45) is 7.05 Å². The molecule has 1 aromatic carbocycles. The molecule has 0 saturated carbocycles. The summed E-state index contributed by atoms with van der Waals surface area (Å²) in [6, 6.07) is 11.8. The minimum absolute atomic E-state index is 0.0271. The Morgan fingerprint density at radius 1 is 1.27 bits per heavy atom. The highest BCUT2D eigenvalue weighted by Crippen LogP contribution is 2.28. The number of carbonyl (C=O) groups excluding carboxylic acids is 1. The highest BCUT2D eigenvalue weighted by Gasteiger charge is 2.33. The molecule has 30 heavy (non-hydrogen) atoms. The number of benzene rings is 1. The molecular formula is C22H22N6O2. The number of rotatable bonds is 5. The van der Waals surface area contributed by atoms with Gasteiger partial charge in [-0.05, 0) is 42.7 Å². The number of hydrogen-bond donors (Lipinski definition) is 1. The molecule has 4 heterocycles. The average Bonchev–Trinajstić information content (AvgIpc) is 3.50. The number of aryl methyl sites for hydroxylation is 1. The maximum absolute atomic E-state index is 12.9. The smallest absolute Gasteiger partial charge is 0.299 e. The molecule has 1 atom stereocenters. The van der Waals surface area contributed by atoms with Crippen molar-refractivity contribution in [3.05, 3.63) is 60.6 Å². The van der Waals surface area contributed by atoms with E-state index in [2.05, 4.69) is 20.4 Å². The van der Waals surface area contributed by atoms with E-state index in [-0.39, 0.29) is 11.9 Å². The zero-order valence-electron chi connectivity index (χ0n) is 16.7. The van der Waals surface area contributed by atoms with Gasteiger partial charge >= 0.3 is 0 Å². The van der Waals surface area contributed by atoms with E-state index in [9.17, 15) is 4.79 Å². The van der Waals surface area contributed by atoms with Crippen molar-refractivity contribution in [3.63, 3.8) is 0 Å². The lowest BCUT2D eigenvalue weighted by Crippen LogP contribution is -2.43. The molecule has 1 unspecified atom stereocenters. The molecule has 8 heteroatoms. The zero-order valence-corrected chi connectivity index (χ0v) is 16.7. The van der Waals surface area contributed by atoms with Crippen LogP contribution in [0.4, 0.5) is 6.01 Å². The van der Waals surface area contributed by atoms with Gasteiger partial charge in [-0.3, -0.25) is 14.5 Å². The van der Waals surface area contributed by atoms with E-state index < -0.39 is 0 Å². The maximum atomic E-state index is 12.9. The van der Waals surface area contributed by atoms with E-state index in [1.165, 1.54) is 0 Å². The Morgan fingerprint density at radius 2 is 2.17 bits per heavy atom. The van der Waals surface area contributed by atoms with Crippen LogP contribution in [-0.2, 0) is 18.4 Å². The standard InChI is InChI=1S/C22H22N6O2/c1-27-18(8-9-25-27)16-11-15(12-23-14-16)13-24-21(29)19-6-4-10-28(19)22-26-17-5-2-3-7-20(17)30-22/h2-3,5,7-9,11-12,14,19H,4,6,10,13H2,1H3,(H,24,29). The van der Waals surface area contributed by atoms with Crippen molar-refractivity contribution in [2.75, 3.05) is 11.4 Å². The fraction of sp³-hybridized carbons (Fsp3) is 0.273. The molecule has 1 aliphatic heterocycles. The molecule has 152 valence electrons. The summed E-state index contributed by atoms with van der Waals surface area (Å²) in [4.78, 5) is 23.8. The Bertz CT molecular complexity index is 1160. The molecular weight excluding hydrogens is 380 g/mol. The second kappa shape index (κ2) is 7.62. The normalized spacial score (nSPS) is 16.3. The molecule has 1 aliphatic rings. The SMILES string of the molecule is Cn1nccc1-c1cncc(CNC(=O)C2CCCN2c2nc3ccccc3o2)c1. The predicted molar refractivity (Wildman–Crippen MR) is 113 cm³/mol. The van der Waals surface area contributed by atoms with Gasteiger partial charge in [-0.2, -0.15) is 10.1 Å². The van der Waals surface area contributed by atoms with Crippen molar-refractivity contribution < 1.29 is 9.21 Å². The maximum Gasteiger partial charge on any atom is 0.299 e. The van der Waals surface area contributed by atoms with Crippen molar-refractivity contribution >= 4 is 23.0 Å². The fourth-order valence-corrected chi connectivity index (χ4v) is 3.94. The first kappa shape index (κ1) is 18.4. The van der Waals surface area contributed by atoms with Gasteiger partial charge in [0.05, 0.1) is 5.69 Å². The largest absolute Gasteiger partial charge is 0.423 e. The summed E-state index contributed by atoms with van der Waals surface area (Å²) in [6.07, 6.45) is 7.03. The van der Waals surface area contributed by atoms with Gasteiger partial charge in [0.2, 0.25) is 5.91 Å². The van der Waals surface area contributed by atoms with Crippen molar-refractivity contribution in [2.45, 2.75) is 25.4 Å². The lowest BCUT2D eigenvalue weighted by atomic mass is 10.1. The van der Waals surface area contributed by atoms with Gasteiger partial charge in [0.25, 0.3) is 6.01 Å². The summed E-state index contributed by atoms with van der Waals surface area (Å²) >= 11 is 0. The number of carbonyl (C=O) groups is 1. The number of aromatic nitrogens is 4. The van der Waals surface area contributed by atoms with Crippen LogP contribution < -0.4 is 10.2 Å². The molecule has 0 radical (unpaired) electrons. The number of anilines is 1. The first-order valence-corrected chi connectivity index (χ1v) is 10.0. The number of hydrogen-bond acceptors (Lipinski definition) is 6. The molecule has 1 N–H and O–H groups in total. The molecule has 5 rings (SSSR count). The van der Waals surface area contributed by atoms with E-state index in [0.717, 1.165) is 47.3 Å². The predicted octanol–water partition coefficient (Wildman–Crippen LogP) is 2.91. The molecule has 0 aliphatic carbocycles.